The Morgan fingerprint density at radius 2 is 1.77 bits per heavy atom. The Hall–Kier alpha value is -2.55. The summed E-state index contributed by atoms with van der Waals surface area (Å²) in [5.74, 6) is -0.284. The third-order valence-electron chi connectivity index (χ3n) is 5.65. The van der Waals surface area contributed by atoms with Crippen molar-refractivity contribution in [2.24, 2.45) is 0 Å². The molecular weight excluding hydrogens is 552 g/mol. The van der Waals surface area contributed by atoms with Crippen LogP contribution in [0.15, 0.2) is 57.9 Å². The second-order valence-electron chi connectivity index (χ2n) is 8.26. The van der Waals surface area contributed by atoms with Gasteiger partial charge in [0.25, 0.3) is 10.0 Å². The molecule has 0 saturated heterocycles. The summed E-state index contributed by atoms with van der Waals surface area (Å²) in [6, 6.07) is 13.6. The number of aryl methyl sites for hydroxylation is 4. The minimum absolute atomic E-state index is 0.0291. The third-order valence-corrected chi connectivity index (χ3v) is 8.31. The van der Waals surface area contributed by atoms with E-state index in [1.54, 1.807) is 37.3 Å². The van der Waals surface area contributed by atoms with Crippen LogP contribution in [-0.4, -0.2) is 28.0 Å². The molecule has 3 rings (SSSR count). The number of hydrogen-bond donors (Lipinski definition) is 1. The van der Waals surface area contributed by atoms with E-state index in [-0.39, 0.29) is 16.3 Å². The molecule has 1 N–H and O–H groups in total. The fraction of sp³-hybridized carbons (Fsp3) is 0.269. The zero-order valence-electron chi connectivity index (χ0n) is 20.3. The Labute approximate surface area is 220 Å². The number of nitrogens with one attached hydrogen (secondary N) is 1. The molecule has 0 atom stereocenters. The third kappa shape index (κ3) is 6.00. The van der Waals surface area contributed by atoms with Crippen LogP contribution < -0.4 is 14.4 Å². The number of halogens is 2. The predicted molar refractivity (Wildman–Crippen MR) is 145 cm³/mol. The average Bonchev–Trinajstić information content (AvgIpc) is 2.80. The summed E-state index contributed by atoms with van der Waals surface area (Å²) in [4.78, 5) is 13.2. The van der Waals surface area contributed by atoms with Gasteiger partial charge in [-0.3, -0.25) is 9.10 Å². The predicted octanol–water partition coefficient (Wildman–Crippen LogP) is 6.43. The van der Waals surface area contributed by atoms with Gasteiger partial charge in [-0.25, -0.2) is 8.42 Å². The number of ether oxygens (including phenoxy) is 1. The maximum absolute atomic E-state index is 13.9. The summed E-state index contributed by atoms with van der Waals surface area (Å²) in [7, 11) is -2.78. The second-order valence-corrected chi connectivity index (χ2v) is 11.4. The SMILES string of the molecule is CCc1cc(Br)cc(C)c1NC(=O)CN(c1ccc(C)c(Cl)c1)S(=O)(=O)c1cc(C)ccc1OC. The lowest BCUT2D eigenvalue weighted by Gasteiger charge is -2.26. The highest BCUT2D eigenvalue weighted by Crippen LogP contribution is 2.33. The monoisotopic (exact) mass is 578 g/mol. The van der Waals surface area contributed by atoms with Gasteiger partial charge in [0.2, 0.25) is 5.91 Å². The van der Waals surface area contributed by atoms with Crippen LogP contribution in [0.4, 0.5) is 11.4 Å². The van der Waals surface area contributed by atoms with Crippen molar-refractivity contribution in [2.45, 2.75) is 39.0 Å². The molecule has 0 saturated carbocycles. The Morgan fingerprint density at radius 3 is 2.40 bits per heavy atom. The molecule has 0 unspecified atom stereocenters. The molecule has 0 fully saturated rings. The highest BCUT2D eigenvalue weighted by molar-refractivity contribution is 9.10. The molecule has 0 spiro atoms. The molecule has 9 heteroatoms. The number of sulfonamides is 1. The topological polar surface area (TPSA) is 75.7 Å². The highest BCUT2D eigenvalue weighted by atomic mass is 79.9. The van der Waals surface area contributed by atoms with Crippen molar-refractivity contribution in [2.75, 3.05) is 23.3 Å². The van der Waals surface area contributed by atoms with E-state index in [2.05, 4.69) is 21.2 Å². The van der Waals surface area contributed by atoms with Crippen LogP contribution in [0.3, 0.4) is 0 Å². The smallest absolute Gasteiger partial charge is 0.268 e. The van der Waals surface area contributed by atoms with Crippen molar-refractivity contribution in [1.29, 1.82) is 0 Å². The van der Waals surface area contributed by atoms with Gasteiger partial charge in [0.05, 0.1) is 12.8 Å². The van der Waals surface area contributed by atoms with Crippen LogP contribution in [-0.2, 0) is 21.2 Å². The first-order valence-electron chi connectivity index (χ1n) is 11.0. The van der Waals surface area contributed by atoms with Crippen LogP contribution in [0.2, 0.25) is 5.02 Å². The summed E-state index contributed by atoms with van der Waals surface area (Å²) in [5, 5.41) is 3.32. The lowest BCUT2D eigenvalue weighted by molar-refractivity contribution is -0.114. The number of nitrogens with zero attached hydrogens (tertiary/aromatic N) is 1. The van der Waals surface area contributed by atoms with Gasteiger partial charge in [-0.15, -0.1) is 0 Å². The molecule has 186 valence electrons. The number of anilines is 2. The number of rotatable bonds is 8. The van der Waals surface area contributed by atoms with E-state index in [9.17, 15) is 13.2 Å². The first-order chi connectivity index (χ1) is 16.5. The summed E-state index contributed by atoms with van der Waals surface area (Å²) in [6.07, 6.45) is 0.700. The van der Waals surface area contributed by atoms with Gasteiger partial charge in [0, 0.05) is 15.2 Å². The molecule has 3 aromatic rings. The van der Waals surface area contributed by atoms with Crippen molar-refractivity contribution in [3.05, 3.63) is 80.3 Å². The fourth-order valence-corrected chi connectivity index (χ4v) is 6.19. The molecule has 0 radical (unpaired) electrons. The van der Waals surface area contributed by atoms with Crippen LogP contribution in [0.25, 0.3) is 0 Å². The standard InChI is InChI=1S/C26H28BrClN2O4S/c1-6-19-13-20(27)12-18(4)26(19)29-25(31)15-30(21-9-8-17(3)22(28)14-21)35(32,33)24-11-16(2)7-10-23(24)34-5/h7-14H,6,15H2,1-5H3,(H,29,31). The zero-order valence-corrected chi connectivity index (χ0v) is 23.4. The van der Waals surface area contributed by atoms with Crippen molar-refractivity contribution < 1.29 is 17.9 Å². The number of carbonyl (C=O) groups excluding carboxylic acids is 1. The van der Waals surface area contributed by atoms with Gasteiger partial charge in [0.1, 0.15) is 17.2 Å². The second kappa shape index (κ2) is 11.0. The Balaban J connectivity index is 2.08. The average molecular weight is 580 g/mol. The summed E-state index contributed by atoms with van der Waals surface area (Å²) < 4.78 is 35.1. The molecule has 0 aliphatic rings. The van der Waals surface area contributed by atoms with Crippen molar-refractivity contribution in [3.8, 4) is 5.75 Å². The van der Waals surface area contributed by atoms with Crippen molar-refractivity contribution in [1.82, 2.24) is 0 Å². The molecule has 35 heavy (non-hydrogen) atoms. The Bertz CT molecular complexity index is 1380. The molecular formula is C26H28BrClN2O4S. The number of carbonyl (C=O) groups is 1. The maximum Gasteiger partial charge on any atom is 0.268 e. The minimum Gasteiger partial charge on any atom is -0.495 e. The van der Waals surface area contributed by atoms with Crippen LogP contribution >= 0.6 is 27.5 Å². The summed E-state index contributed by atoms with van der Waals surface area (Å²) in [6.45, 7) is 7.06. The van der Waals surface area contributed by atoms with Gasteiger partial charge in [0.15, 0.2) is 0 Å². The van der Waals surface area contributed by atoms with Crippen LogP contribution in [0.1, 0.15) is 29.2 Å². The molecule has 0 bridgehead atoms. The summed E-state index contributed by atoms with van der Waals surface area (Å²) in [5.41, 5.74) is 4.31. The molecule has 3 aromatic carbocycles. The van der Waals surface area contributed by atoms with Gasteiger partial charge in [-0.05, 0) is 85.8 Å². The zero-order chi connectivity index (χ0) is 25.9. The highest BCUT2D eigenvalue weighted by Gasteiger charge is 2.31. The molecule has 0 heterocycles. The first-order valence-corrected chi connectivity index (χ1v) is 13.6. The molecule has 0 aromatic heterocycles. The Kier molecular flexibility index (Phi) is 8.51. The van der Waals surface area contributed by atoms with Gasteiger partial charge in [-0.1, -0.05) is 46.6 Å². The number of amides is 1. The summed E-state index contributed by atoms with van der Waals surface area (Å²) >= 11 is 9.81. The van der Waals surface area contributed by atoms with Gasteiger partial charge < -0.3 is 10.1 Å². The molecule has 1 amide bonds. The van der Waals surface area contributed by atoms with Crippen LogP contribution in [0.5, 0.6) is 5.75 Å². The van der Waals surface area contributed by atoms with E-state index in [1.807, 2.05) is 32.9 Å². The van der Waals surface area contributed by atoms with Gasteiger partial charge >= 0.3 is 0 Å². The van der Waals surface area contributed by atoms with E-state index in [0.29, 0.717) is 17.1 Å². The number of methoxy groups -OCH3 is 1. The van der Waals surface area contributed by atoms with Crippen LogP contribution in [0, 0.1) is 20.8 Å². The maximum atomic E-state index is 13.9. The van der Waals surface area contributed by atoms with E-state index in [1.165, 1.54) is 13.2 Å². The van der Waals surface area contributed by atoms with Crippen molar-refractivity contribution >= 4 is 54.8 Å². The van der Waals surface area contributed by atoms with E-state index < -0.39 is 22.5 Å². The quantitative estimate of drug-likeness (QED) is 0.334. The lowest BCUT2D eigenvalue weighted by atomic mass is 10.1. The lowest BCUT2D eigenvalue weighted by Crippen LogP contribution is -2.38. The van der Waals surface area contributed by atoms with Gasteiger partial charge in [-0.2, -0.15) is 0 Å². The largest absolute Gasteiger partial charge is 0.495 e. The normalized spacial score (nSPS) is 11.3. The Morgan fingerprint density at radius 1 is 1.06 bits per heavy atom. The number of hydrogen-bond acceptors (Lipinski definition) is 4. The van der Waals surface area contributed by atoms with E-state index in [0.717, 1.165) is 31.0 Å². The first kappa shape index (κ1) is 27.0. The minimum atomic E-state index is -4.19. The van der Waals surface area contributed by atoms with E-state index in [4.69, 9.17) is 16.3 Å². The molecule has 6 nitrogen and oxygen atoms in total. The number of benzene rings is 3. The molecule has 0 aliphatic heterocycles. The van der Waals surface area contributed by atoms with E-state index >= 15 is 0 Å². The van der Waals surface area contributed by atoms with Crippen molar-refractivity contribution in [3.63, 3.8) is 0 Å². The molecule has 0 aliphatic carbocycles. The fourth-order valence-electron chi connectivity index (χ4n) is 3.74.